The van der Waals surface area contributed by atoms with E-state index in [0.717, 1.165) is 32.7 Å². The van der Waals surface area contributed by atoms with Crippen molar-refractivity contribution in [1.82, 2.24) is 5.32 Å². The number of rotatable bonds is 8. The second-order valence-corrected chi connectivity index (χ2v) is 8.32. The highest BCUT2D eigenvalue weighted by atomic mass is 32.1. The summed E-state index contributed by atoms with van der Waals surface area (Å²) in [6.45, 7) is 2.51. The van der Waals surface area contributed by atoms with Crippen molar-refractivity contribution in [2.45, 2.75) is 19.1 Å². The van der Waals surface area contributed by atoms with Gasteiger partial charge in [0.1, 0.15) is 12.0 Å². The van der Waals surface area contributed by atoms with Crippen molar-refractivity contribution in [3.63, 3.8) is 0 Å². The Bertz CT molecular complexity index is 1170. The number of thiophene rings is 1. The quantitative estimate of drug-likeness (QED) is 0.290. The number of hydrogen-bond acceptors (Lipinski definition) is 7. The van der Waals surface area contributed by atoms with E-state index in [2.05, 4.69) is 5.32 Å². The van der Waals surface area contributed by atoms with Crippen LogP contribution in [-0.4, -0.2) is 26.8 Å². The lowest BCUT2D eigenvalue weighted by Crippen LogP contribution is -2.35. The first-order valence-electron chi connectivity index (χ1n) is 10.2. The minimum Gasteiger partial charge on any atom is -0.493 e. The molecule has 0 saturated carbocycles. The molecule has 0 aliphatic carbocycles. The zero-order chi connectivity index (χ0) is 22.6. The second kappa shape index (κ2) is 9.36. The maximum atomic E-state index is 11.8. The fourth-order valence-corrected chi connectivity index (χ4v) is 4.48. The van der Waals surface area contributed by atoms with Crippen molar-refractivity contribution < 1.29 is 23.7 Å². The van der Waals surface area contributed by atoms with Crippen LogP contribution in [0.2, 0.25) is 0 Å². The number of carbonyl (C=O) groups excluding carboxylic acids is 1. The minimum absolute atomic E-state index is 0.150. The average molecular weight is 452 g/mol. The monoisotopic (exact) mass is 451 g/mol. The molecule has 0 spiro atoms. The van der Waals surface area contributed by atoms with Crippen molar-refractivity contribution >= 4 is 33.5 Å². The lowest BCUT2D eigenvalue weighted by molar-refractivity contribution is -0.139. The van der Waals surface area contributed by atoms with E-state index in [9.17, 15) is 4.79 Å². The number of nitrogens with one attached hydrogen (secondary N) is 1. The first-order chi connectivity index (χ1) is 15.5. The van der Waals surface area contributed by atoms with Gasteiger partial charge in [-0.2, -0.15) is 0 Å². The topological polar surface area (TPSA) is 66.0 Å². The van der Waals surface area contributed by atoms with E-state index in [0.29, 0.717) is 13.0 Å². The Morgan fingerprint density at radius 1 is 1.12 bits per heavy atom. The summed E-state index contributed by atoms with van der Waals surface area (Å²) in [4.78, 5) is 11.8. The SMILES string of the molecule is COC(=O)C(=Cc1ccc(OCCC2=COC(C)(c3ccccc3)N2)c2ccsc12)OC. The van der Waals surface area contributed by atoms with Crippen molar-refractivity contribution in [2.75, 3.05) is 20.8 Å². The Morgan fingerprint density at radius 3 is 2.69 bits per heavy atom. The van der Waals surface area contributed by atoms with E-state index in [1.165, 1.54) is 14.2 Å². The molecular formula is C25H25NO5S. The molecule has 4 rings (SSSR count). The summed E-state index contributed by atoms with van der Waals surface area (Å²) in [7, 11) is 2.78. The molecule has 0 fully saturated rings. The number of esters is 1. The fraction of sp³-hybridized carbons (Fsp3) is 0.240. The van der Waals surface area contributed by atoms with E-state index in [1.54, 1.807) is 23.7 Å². The number of hydrogen-bond donors (Lipinski definition) is 1. The third kappa shape index (κ3) is 4.43. The Balaban J connectivity index is 1.42. The van der Waals surface area contributed by atoms with Crippen LogP contribution in [0.15, 0.2) is 71.6 Å². The molecule has 32 heavy (non-hydrogen) atoms. The number of ether oxygens (including phenoxy) is 4. The maximum Gasteiger partial charge on any atom is 0.373 e. The summed E-state index contributed by atoms with van der Waals surface area (Å²) in [6, 6.07) is 15.9. The largest absolute Gasteiger partial charge is 0.493 e. The smallest absolute Gasteiger partial charge is 0.373 e. The Morgan fingerprint density at radius 2 is 1.94 bits per heavy atom. The molecule has 3 aromatic rings. The molecule has 0 amide bonds. The molecule has 1 aliphatic rings. The lowest BCUT2D eigenvalue weighted by atomic mass is 10.1. The summed E-state index contributed by atoms with van der Waals surface area (Å²) < 4.78 is 22.9. The molecule has 6 nitrogen and oxygen atoms in total. The van der Waals surface area contributed by atoms with Crippen LogP contribution in [0.25, 0.3) is 16.2 Å². The zero-order valence-corrected chi connectivity index (χ0v) is 19.0. The predicted octanol–water partition coefficient (Wildman–Crippen LogP) is 5.16. The van der Waals surface area contributed by atoms with Gasteiger partial charge in [-0.15, -0.1) is 11.3 Å². The van der Waals surface area contributed by atoms with Crippen LogP contribution >= 0.6 is 11.3 Å². The summed E-state index contributed by atoms with van der Waals surface area (Å²) in [5, 5.41) is 6.44. The van der Waals surface area contributed by atoms with E-state index in [1.807, 2.05) is 60.8 Å². The molecule has 2 aromatic carbocycles. The number of benzene rings is 2. The molecule has 1 unspecified atom stereocenters. The molecule has 1 aromatic heterocycles. The summed E-state index contributed by atoms with van der Waals surface area (Å²) in [5.41, 5.74) is 2.36. The molecule has 0 bridgehead atoms. The number of carbonyl (C=O) groups is 1. The molecule has 7 heteroatoms. The maximum absolute atomic E-state index is 11.8. The first-order valence-corrected chi connectivity index (χ1v) is 11.1. The van der Waals surface area contributed by atoms with Crippen LogP contribution in [0.5, 0.6) is 5.75 Å². The Labute approximate surface area is 191 Å². The van der Waals surface area contributed by atoms with Gasteiger partial charge in [0.2, 0.25) is 11.5 Å². The molecule has 0 saturated heterocycles. The molecule has 1 aliphatic heterocycles. The van der Waals surface area contributed by atoms with Gasteiger partial charge in [-0.25, -0.2) is 4.79 Å². The van der Waals surface area contributed by atoms with Crippen LogP contribution in [0.3, 0.4) is 0 Å². The average Bonchev–Trinajstić information content (AvgIpc) is 3.47. The summed E-state index contributed by atoms with van der Waals surface area (Å²) in [5.74, 6) is 0.428. The van der Waals surface area contributed by atoms with Gasteiger partial charge in [-0.05, 0) is 42.1 Å². The second-order valence-electron chi connectivity index (χ2n) is 7.40. The normalized spacial score (nSPS) is 18.0. The predicted molar refractivity (Wildman–Crippen MR) is 125 cm³/mol. The van der Waals surface area contributed by atoms with Crippen LogP contribution in [0, 0.1) is 0 Å². The van der Waals surface area contributed by atoms with Gasteiger partial charge in [0.05, 0.1) is 26.5 Å². The molecule has 0 radical (unpaired) electrons. The van der Waals surface area contributed by atoms with Gasteiger partial charge in [0.25, 0.3) is 0 Å². The van der Waals surface area contributed by atoms with Gasteiger partial charge in [0, 0.05) is 22.1 Å². The van der Waals surface area contributed by atoms with Crippen molar-refractivity contribution in [2.24, 2.45) is 0 Å². The molecular weight excluding hydrogens is 426 g/mol. The molecule has 1 N–H and O–H groups in total. The van der Waals surface area contributed by atoms with Gasteiger partial charge in [-0.3, -0.25) is 0 Å². The third-order valence-electron chi connectivity index (χ3n) is 5.29. The summed E-state index contributed by atoms with van der Waals surface area (Å²) >= 11 is 1.58. The van der Waals surface area contributed by atoms with Gasteiger partial charge in [0.15, 0.2) is 0 Å². The van der Waals surface area contributed by atoms with Crippen molar-refractivity contribution in [3.05, 3.63) is 82.8 Å². The highest BCUT2D eigenvalue weighted by Crippen LogP contribution is 2.35. The fourth-order valence-electron chi connectivity index (χ4n) is 3.58. The van der Waals surface area contributed by atoms with E-state index in [4.69, 9.17) is 18.9 Å². The van der Waals surface area contributed by atoms with Crippen LogP contribution in [0.1, 0.15) is 24.5 Å². The molecule has 2 heterocycles. The Kier molecular flexibility index (Phi) is 6.37. The lowest BCUT2D eigenvalue weighted by Gasteiger charge is -2.26. The first kappa shape index (κ1) is 21.8. The Hall–Kier alpha value is -3.45. The van der Waals surface area contributed by atoms with E-state index < -0.39 is 11.7 Å². The van der Waals surface area contributed by atoms with Gasteiger partial charge < -0.3 is 24.3 Å². The molecule has 1 atom stereocenters. The highest BCUT2D eigenvalue weighted by Gasteiger charge is 2.32. The third-order valence-corrected chi connectivity index (χ3v) is 6.25. The zero-order valence-electron chi connectivity index (χ0n) is 18.2. The van der Waals surface area contributed by atoms with E-state index >= 15 is 0 Å². The highest BCUT2D eigenvalue weighted by molar-refractivity contribution is 7.17. The van der Waals surface area contributed by atoms with Crippen LogP contribution < -0.4 is 10.1 Å². The van der Waals surface area contributed by atoms with Crippen LogP contribution in [-0.2, 0) is 24.7 Å². The van der Waals surface area contributed by atoms with Gasteiger partial charge >= 0.3 is 5.97 Å². The van der Waals surface area contributed by atoms with Crippen molar-refractivity contribution in [1.29, 1.82) is 0 Å². The number of methoxy groups -OCH3 is 2. The molecule has 166 valence electrons. The standard InChI is InChI=1S/C25H25NO5S/c1-25(18-7-5-4-6-8-18)26-19(16-31-25)11-13-30-21-10-9-17(23-20(21)12-14-32-23)15-22(28-2)24(27)29-3/h4-10,12,14-16,26H,11,13H2,1-3H3. The van der Waals surface area contributed by atoms with E-state index in [-0.39, 0.29) is 5.76 Å². The van der Waals surface area contributed by atoms with Gasteiger partial charge in [-0.1, -0.05) is 30.3 Å². The van der Waals surface area contributed by atoms with Crippen molar-refractivity contribution in [3.8, 4) is 5.75 Å². The minimum atomic E-state index is -0.566. The van der Waals surface area contributed by atoms with Crippen LogP contribution in [0.4, 0.5) is 0 Å². The summed E-state index contributed by atoms with van der Waals surface area (Å²) in [6.07, 6.45) is 4.14. The number of fused-ring (bicyclic) bond motifs is 1.